The molecule has 1 saturated carbocycles. The number of aliphatic hydroxyl groups is 2. The van der Waals surface area contributed by atoms with Crippen molar-refractivity contribution in [3.8, 4) is 6.07 Å². The van der Waals surface area contributed by atoms with Crippen molar-refractivity contribution < 1.29 is 10.2 Å². The van der Waals surface area contributed by atoms with Crippen molar-refractivity contribution in [2.45, 2.75) is 37.9 Å². The number of hydrogen-bond acceptors (Lipinski definition) is 4. The van der Waals surface area contributed by atoms with E-state index in [9.17, 15) is 10.2 Å². The second-order valence-corrected chi connectivity index (χ2v) is 6.08. The lowest BCUT2D eigenvalue weighted by molar-refractivity contribution is 0.0400. The molecule has 1 aliphatic carbocycles. The summed E-state index contributed by atoms with van der Waals surface area (Å²) in [5.74, 6) is 0.317. The van der Waals surface area contributed by atoms with Crippen LogP contribution in [-0.4, -0.2) is 41.4 Å². The highest BCUT2D eigenvalue weighted by Gasteiger charge is 2.24. The molecule has 2 rings (SSSR count). The van der Waals surface area contributed by atoms with E-state index in [-0.39, 0.29) is 6.10 Å². The molecule has 1 aliphatic rings. The van der Waals surface area contributed by atoms with E-state index in [4.69, 9.17) is 5.26 Å². The van der Waals surface area contributed by atoms with Gasteiger partial charge in [-0.25, -0.2) is 0 Å². The first-order valence-corrected chi connectivity index (χ1v) is 7.65. The van der Waals surface area contributed by atoms with Gasteiger partial charge in [-0.3, -0.25) is 0 Å². The molecular weight excluding hydrogens is 264 g/mol. The Labute approximate surface area is 126 Å². The van der Waals surface area contributed by atoms with Crippen molar-refractivity contribution in [3.05, 3.63) is 35.4 Å². The van der Waals surface area contributed by atoms with Crippen LogP contribution in [0, 0.1) is 17.2 Å². The van der Waals surface area contributed by atoms with Gasteiger partial charge in [0.25, 0.3) is 0 Å². The van der Waals surface area contributed by atoms with Gasteiger partial charge in [0.1, 0.15) is 0 Å². The summed E-state index contributed by atoms with van der Waals surface area (Å²) in [6.45, 7) is 1.35. The molecule has 4 heteroatoms. The molecule has 0 aromatic heterocycles. The summed E-state index contributed by atoms with van der Waals surface area (Å²) in [4.78, 5) is 2.09. The van der Waals surface area contributed by atoms with Gasteiger partial charge >= 0.3 is 0 Å². The lowest BCUT2D eigenvalue weighted by atomic mass is 9.86. The van der Waals surface area contributed by atoms with Gasteiger partial charge in [-0.1, -0.05) is 25.0 Å². The Morgan fingerprint density at radius 1 is 1.29 bits per heavy atom. The fourth-order valence-electron chi connectivity index (χ4n) is 3.06. The average molecular weight is 288 g/mol. The van der Waals surface area contributed by atoms with Crippen molar-refractivity contribution in [1.82, 2.24) is 4.90 Å². The van der Waals surface area contributed by atoms with Crippen LogP contribution in [-0.2, 0) is 0 Å². The second kappa shape index (κ2) is 7.56. The quantitative estimate of drug-likeness (QED) is 0.870. The number of nitrogens with zero attached hydrogens (tertiary/aromatic N) is 2. The van der Waals surface area contributed by atoms with Crippen LogP contribution in [0.25, 0.3) is 0 Å². The summed E-state index contributed by atoms with van der Waals surface area (Å²) in [6.07, 6.45) is 3.51. The van der Waals surface area contributed by atoms with E-state index in [1.807, 2.05) is 7.05 Å². The molecule has 0 aliphatic heterocycles. The highest BCUT2D eigenvalue weighted by molar-refractivity contribution is 5.32. The Morgan fingerprint density at radius 2 is 1.95 bits per heavy atom. The van der Waals surface area contributed by atoms with Crippen LogP contribution in [0.4, 0.5) is 0 Å². The Morgan fingerprint density at radius 3 is 2.57 bits per heavy atom. The lowest BCUT2D eigenvalue weighted by Gasteiger charge is -2.32. The van der Waals surface area contributed by atoms with E-state index in [2.05, 4.69) is 11.0 Å². The Hall–Kier alpha value is -1.41. The van der Waals surface area contributed by atoms with Crippen LogP contribution < -0.4 is 0 Å². The molecule has 4 nitrogen and oxygen atoms in total. The van der Waals surface area contributed by atoms with E-state index in [1.54, 1.807) is 24.3 Å². The van der Waals surface area contributed by atoms with Crippen LogP contribution in [0.5, 0.6) is 0 Å². The topological polar surface area (TPSA) is 67.5 Å². The Bertz CT molecular complexity index is 481. The molecule has 0 bridgehead atoms. The van der Waals surface area contributed by atoms with Gasteiger partial charge in [0.2, 0.25) is 0 Å². The van der Waals surface area contributed by atoms with Crippen LogP contribution in [0.15, 0.2) is 24.3 Å². The summed E-state index contributed by atoms with van der Waals surface area (Å²) in [6, 6.07) is 9.12. The number of hydrogen-bond donors (Lipinski definition) is 2. The van der Waals surface area contributed by atoms with Gasteiger partial charge in [0.15, 0.2) is 0 Å². The van der Waals surface area contributed by atoms with E-state index < -0.39 is 6.10 Å². The van der Waals surface area contributed by atoms with Crippen LogP contribution in [0.2, 0.25) is 0 Å². The molecule has 0 radical (unpaired) electrons. The predicted molar refractivity (Wildman–Crippen MR) is 81.6 cm³/mol. The largest absolute Gasteiger partial charge is 0.393 e. The van der Waals surface area contributed by atoms with E-state index in [1.165, 1.54) is 6.42 Å². The van der Waals surface area contributed by atoms with E-state index in [0.717, 1.165) is 31.4 Å². The first-order valence-electron chi connectivity index (χ1n) is 7.65. The van der Waals surface area contributed by atoms with E-state index >= 15 is 0 Å². The highest BCUT2D eigenvalue weighted by atomic mass is 16.3. The fraction of sp³-hybridized carbons (Fsp3) is 0.588. The maximum atomic E-state index is 10.3. The monoisotopic (exact) mass is 288 g/mol. The normalized spacial score (nSPS) is 23.8. The number of aliphatic hydroxyl groups excluding tert-OH is 2. The summed E-state index contributed by atoms with van der Waals surface area (Å²) in [5, 5.41) is 29.0. The summed E-state index contributed by atoms with van der Waals surface area (Å²) >= 11 is 0. The van der Waals surface area contributed by atoms with Gasteiger partial charge in [-0.05, 0) is 43.5 Å². The second-order valence-electron chi connectivity index (χ2n) is 6.08. The predicted octanol–water partition coefficient (Wildman–Crippen LogP) is 2.07. The summed E-state index contributed by atoms with van der Waals surface area (Å²) in [5.41, 5.74) is 1.43. The average Bonchev–Trinajstić information content (AvgIpc) is 2.49. The SMILES string of the molecule is CN(CC(O)c1ccc(C#N)cc1)CC1CCCCC1O. The molecule has 21 heavy (non-hydrogen) atoms. The maximum absolute atomic E-state index is 10.3. The van der Waals surface area contributed by atoms with Crippen LogP contribution in [0.1, 0.15) is 42.9 Å². The summed E-state index contributed by atoms with van der Waals surface area (Å²) in [7, 11) is 1.98. The van der Waals surface area contributed by atoms with Gasteiger partial charge in [-0.2, -0.15) is 5.26 Å². The molecule has 1 aromatic rings. The third kappa shape index (κ3) is 4.53. The first kappa shape index (κ1) is 16.0. The third-order valence-electron chi connectivity index (χ3n) is 4.32. The zero-order chi connectivity index (χ0) is 15.2. The van der Waals surface area contributed by atoms with Crippen molar-refractivity contribution in [1.29, 1.82) is 5.26 Å². The molecule has 0 saturated heterocycles. The molecule has 114 valence electrons. The zero-order valence-corrected chi connectivity index (χ0v) is 12.6. The van der Waals surface area contributed by atoms with Gasteiger partial charge in [0.05, 0.1) is 23.8 Å². The molecule has 0 heterocycles. The van der Waals surface area contributed by atoms with Crippen molar-refractivity contribution >= 4 is 0 Å². The highest BCUT2D eigenvalue weighted by Crippen LogP contribution is 2.25. The molecule has 1 aromatic carbocycles. The molecule has 2 N–H and O–H groups in total. The van der Waals surface area contributed by atoms with E-state index in [0.29, 0.717) is 18.0 Å². The van der Waals surface area contributed by atoms with Crippen LogP contribution in [0.3, 0.4) is 0 Å². The standard InChI is InChI=1S/C17H24N2O2/c1-19(11-15-4-2-3-5-16(15)20)12-17(21)14-8-6-13(10-18)7-9-14/h6-9,15-17,20-21H,2-5,11-12H2,1H3. The minimum absolute atomic E-state index is 0.201. The minimum Gasteiger partial charge on any atom is -0.393 e. The van der Waals surface area contributed by atoms with Crippen molar-refractivity contribution in [3.63, 3.8) is 0 Å². The van der Waals surface area contributed by atoms with Crippen LogP contribution >= 0.6 is 0 Å². The number of benzene rings is 1. The molecule has 3 unspecified atom stereocenters. The molecule has 3 atom stereocenters. The number of likely N-dealkylation sites (N-methyl/N-ethyl adjacent to an activating group) is 1. The van der Waals surface area contributed by atoms with Gasteiger partial charge in [0, 0.05) is 13.1 Å². The number of rotatable bonds is 5. The minimum atomic E-state index is -0.566. The molecule has 0 amide bonds. The maximum Gasteiger partial charge on any atom is 0.0991 e. The molecular formula is C17H24N2O2. The molecule has 0 spiro atoms. The Kier molecular flexibility index (Phi) is 5.75. The third-order valence-corrected chi connectivity index (χ3v) is 4.32. The lowest BCUT2D eigenvalue weighted by Crippen LogP contribution is -2.36. The fourth-order valence-corrected chi connectivity index (χ4v) is 3.06. The van der Waals surface area contributed by atoms with Crippen molar-refractivity contribution in [2.75, 3.05) is 20.1 Å². The smallest absolute Gasteiger partial charge is 0.0991 e. The van der Waals surface area contributed by atoms with Gasteiger partial charge < -0.3 is 15.1 Å². The Balaban J connectivity index is 1.86. The number of nitriles is 1. The zero-order valence-electron chi connectivity index (χ0n) is 12.6. The van der Waals surface area contributed by atoms with Gasteiger partial charge in [-0.15, -0.1) is 0 Å². The summed E-state index contributed by atoms with van der Waals surface area (Å²) < 4.78 is 0. The first-order chi connectivity index (χ1) is 10.1. The molecule has 1 fully saturated rings. The van der Waals surface area contributed by atoms with Crippen molar-refractivity contribution in [2.24, 2.45) is 5.92 Å².